The van der Waals surface area contributed by atoms with Crippen molar-refractivity contribution in [1.82, 2.24) is 0 Å². The normalized spacial score (nSPS) is 13.3. The average molecular weight is 1330 g/mol. The molecule has 0 bridgehead atoms. The molecule has 0 rings (SSSR count). The fourth-order valence-electron chi connectivity index (χ4n) is 12.2. The van der Waals surface area contributed by atoms with Gasteiger partial charge in [0, 0.05) is 12.8 Å². The second-order valence-electron chi connectivity index (χ2n) is 28.8. The fourth-order valence-corrected chi connectivity index (χ4v) is 12.9. The first kappa shape index (κ1) is 90.7. The van der Waals surface area contributed by atoms with Gasteiger partial charge < -0.3 is 18.9 Å². The summed E-state index contributed by atoms with van der Waals surface area (Å²) in [6.07, 6.45) is 99.5. The molecule has 0 radical (unpaired) electrons. The zero-order chi connectivity index (χ0) is 67.6. The van der Waals surface area contributed by atoms with Crippen molar-refractivity contribution < 1.29 is 42.1 Å². The molecule has 546 valence electrons. The Bertz CT molecular complexity index is 1750. The number of quaternary nitrogens is 1. The van der Waals surface area contributed by atoms with Gasteiger partial charge in [-0.25, -0.2) is 4.57 Å². The smallest absolute Gasteiger partial charge is 0.462 e. The van der Waals surface area contributed by atoms with Crippen LogP contribution < -0.4 is 0 Å². The van der Waals surface area contributed by atoms with Crippen LogP contribution in [0.3, 0.4) is 0 Å². The van der Waals surface area contributed by atoms with E-state index in [-0.39, 0.29) is 25.6 Å². The zero-order valence-corrected chi connectivity index (χ0v) is 63.4. The standard InChI is InChI=1S/C83H156NO8P/c1-6-8-10-12-14-16-18-20-22-24-26-28-30-32-34-36-38-40-41-42-44-45-47-49-51-53-55-57-59-61-63-65-67-69-71-73-75-82(85)89-79-81(80-91-93(87,88)90-78-77-84(3,4)5)92-83(86)76-74-72-70-68-66-64-62-60-58-56-54-52-50-48-46-43-39-37-35-33-31-29-27-25-23-21-19-17-15-13-11-9-7-2/h9,11,15,17,21,23,27,29,33,35,81H,6-8,10,12-14,16,18-20,22,24-26,28,30-32,34,36-80H2,1-5H3/p+1/b11-9-,17-15-,23-21-,29-27-,35-33-. The predicted octanol–water partition coefficient (Wildman–Crippen LogP) is 26.9. The third-order valence-electron chi connectivity index (χ3n) is 18.3. The number of phosphoric ester groups is 1. The third kappa shape index (κ3) is 78.6. The van der Waals surface area contributed by atoms with Crippen LogP contribution >= 0.6 is 7.82 Å². The molecule has 0 aromatic heterocycles. The molecule has 0 aliphatic heterocycles. The molecule has 0 saturated heterocycles. The second-order valence-corrected chi connectivity index (χ2v) is 30.2. The van der Waals surface area contributed by atoms with E-state index < -0.39 is 26.5 Å². The molecule has 9 nitrogen and oxygen atoms in total. The number of rotatable bonds is 76. The molecular formula is C83H157NO8P+. The van der Waals surface area contributed by atoms with E-state index in [1.165, 1.54) is 308 Å². The van der Waals surface area contributed by atoms with Crippen LogP contribution in [-0.2, 0) is 32.7 Å². The van der Waals surface area contributed by atoms with E-state index in [2.05, 4.69) is 74.6 Å². The molecule has 93 heavy (non-hydrogen) atoms. The second kappa shape index (κ2) is 73.9. The third-order valence-corrected chi connectivity index (χ3v) is 19.3. The Morgan fingerprint density at radius 1 is 0.344 bits per heavy atom. The summed E-state index contributed by atoms with van der Waals surface area (Å²) in [5.74, 6) is -0.775. The molecule has 0 aromatic carbocycles. The minimum Gasteiger partial charge on any atom is -0.462 e. The van der Waals surface area contributed by atoms with Gasteiger partial charge >= 0.3 is 19.8 Å². The fraction of sp³-hybridized carbons (Fsp3) is 0.855. The Hall–Kier alpha value is -2.29. The van der Waals surface area contributed by atoms with E-state index in [9.17, 15) is 19.0 Å². The average Bonchev–Trinajstić information content (AvgIpc) is 2.30. The summed E-state index contributed by atoms with van der Waals surface area (Å²) in [7, 11) is 1.50. The van der Waals surface area contributed by atoms with Gasteiger partial charge in [0.2, 0.25) is 0 Å². The van der Waals surface area contributed by atoms with Crippen LogP contribution in [0.1, 0.15) is 406 Å². The molecule has 10 heteroatoms. The first-order valence-electron chi connectivity index (χ1n) is 40.5. The number of allylic oxidation sites excluding steroid dienone is 10. The van der Waals surface area contributed by atoms with Crippen LogP contribution in [0.5, 0.6) is 0 Å². The molecule has 0 heterocycles. The molecular weight excluding hydrogens is 1170 g/mol. The van der Waals surface area contributed by atoms with Crippen LogP contribution in [0.2, 0.25) is 0 Å². The number of hydrogen-bond donors (Lipinski definition) is 1. The lowest BCUT2D eigenvalue weighted by Crippen LogP contribution is -2.37. The van der Waals surface area contributed by atoms with Gasteiger partial charge in [-0.3, -0.25) is 18.6 Å². The summed E-state index contributed by atoms with van der Waals surface area (Å²) in [4.78, 5) is 36.0. The molecule has 2 unspecified atom stereocenters. The number of hydrogen-bond acceptors (Lipinski definition) is 7. The summed E-state index contributed by atoms with van der Waals surface area (Å²) in [5, 5.41) is 0. The van der Waals surface area contributed by atoms with Crippen molar-refractivity contribution >= 4 is 19.8 Å². The molecule has 1 N–H and O–H groups in total. The lowest BCUT2D eigenvalue weighted by Gasteiger charge is -2.24. The summed E-state index contributed by atoms with van der Waals surface area (Å²) in [6, 6.07) is 0. The van der Waals surface area contributed by atoms with Crippen molar-refractivity contribution in [1.29, 1.82) is 0 Å². The van der Waals surface area contributed by atoms with Crippen LogP contribution in [0.15, 0.2) is 60.8 Å². The lowest BCUT2D eigenvalue weighted by atomic mass is 10.0. The highest BCUT2D eigenvalue weighted by molar-refractivity contribution is 7.47. The number of likely N-dealkylation sites (N-methyl/N-ethyl adjacent to an activating group) is 1. The first-order chi connectivity index (χ1) is 45.5. The number of unbranched alkanes of at least 4 members (excludes halogenated alkanes) is 52. The van der Waals surface area contributed by atoms with Gasteiger partial charge in [-0.15, -0.1) is 0 Å². The zero-order valence-electron chi connectivity index (χ0n) is 62.5. The highest BCUT2D eigenvalue weighted by Crippen LogP contribution is 2.43. The monoisotopic (exact) mass is 1330 g/mol. The van der Waals surface area contributed by atoms with Crippen molar-refractivity contribution in [2.75, 3.05) is 47.5 Å². The quantitative estimate of drug-likeness (QED) is 0.0211. The maximum absolute atomic E-state index is 12.9. The van der Waals surface area contributed by atoms with E-state index >= 15 is 0 Å². The van der Waals surface area contributed by atoms with Crippen molar-refractivity contribution in [2.24, 2.45) is 0 Å². The van der Waals surface area contributed by atoms with E-state index in [1.807, 2.05) is 21.1 Å². The first-order valence-corrected chi connectivity index (χ1v) is 42.0. The number of carbonyl (C=O) groups is 2. The molecule has 0 amide bonds. The van der Waals surface area contributed by atoms with Crippen molar-refractivity contribution in [3.63, 3.8) is 0 Å². The van der Waals surface area contributed by atoms with Gasteiger partial charge in [0.05, 0.1) is 27.7 Å². The lowest BCUT2D eigenvalue weighted by molar-refractivity contribution is -0.870. The van der Waals surface area contributed by atoms with Gasteiger partial charge in [-0.2, -0.15) is 0 Å². The van der Waals surface area contributed by atoms with Crippen LogP contribution in [0.4, 0.5) is 0 Å². The minimum atomic E-state index is -4.39. The minimum absolute atomic E-state index is 0.0335. The number of nitrogens with zero attached hydrogens (tertiary/aromatic N) is 1. The highest BCUT2D eigenvalue weighted by Gasteiger charge is 2.27. The van der Waals surface area contributed by atoms with Gasteiger partial charge in [0.25, 0.3) is 0 Å². The van der Waals surface area contributed by atoms with Crippen molar-refractivity contribution in [2.45, 2.75) is 412 Å². The molecule has 0 saturated carbocycles. The highest BCUT2D eigenvalue weighted by atomic mass is 31.2. The van der Waals surface area contributed by atoms with Crippen LogP contribution in [-0.4, -0.2) is 74.9 Å². The van der Waals surface area contributed by atoms with E-state index in [4.69, 9.17) is 18.5 Å². The molecule has 0 aliphatic carbocycles. The Balaban J connectivity index is 3.91. The van der Waals surface area contributed by atoms with Crippen molar-refractivity contribution in [3.8, 4) is 0 Å². The Kier molecular flexibility index (Phi) is 72.1. The number of ether oxygens (including phenoxy) is 2. The number of carbonyl (C=O) groups excluding carboxylic acids is 2. The SMILES string of the molecule is CC/C=C\C/C=C\C/C=C\C/C=C\C/C=C\CCCCCCCCCCCCCCCCCCCC(=O)OC(COC(=O)CCCCCCCCCCCCCCCCCCCCCCCCCCCCCCCCCCCCCC)COP(=O)(O)OCC[N+](C)(C)C. The number of esters is 2. The van der Waals surface area contributed by atoms with Gasteiger partial charge in [0.1, 0.15) is 19.8 Å². The maximum Gasteiger partial charge on any atom is 0.472 e. The predicted molar refractivity (Wildman–Crippen MR) is 404 cm³/mol. The van der Waals surface area contributed by atoms with E-state index in [0.717, 1.165) is 64.2 Å². The van der Waals surface area contributed by atoms with Crippen molar-refractivity contribution in [3.05, 3.63) is 60.8 Å². The summed E-state index contributed by atoms with van der Waals surface area (Å²) in [6.45, 7) is 4.40. The molecule has 0 aliphatic rings. The Morgan fingerprint density at radius 3 is 0.914 bits per heavy atom. The Labute approximate surface area is 578 Å². The molecule has 0 fully saturated rings. The molecule has 2 atom stereocenters. The van der Waals surface area contributed by atoms with Crippen LogP contribution in [0, 0.1) is 0 Å². The summed E-state index contributed by atoms with van der Waals surface area (Å²) < 4.78 is 34.8. The maximum atomic E-state index is 12.9. The van der Waals surface area contributed by atoms with E-state index in [0.29, 0.717) is 23.9 Å². The molecule has 0 spiro atoms. The van der Waals surface area contributed by atoms with Gasteiger partial charge in [0.15, 0.2) is 6.10 Å². The topological polar surface area (TPSA) is 108 Å². The molecule has 0 aromatic rings. The number of phosphoric acid groups is 1. The summed E-state index contributed by atoms with van der Waals surface area (Å²) in [5.41, 5.74) is 0. The van der Waals surface area contributed by atoms with Crippen LogP contribution in [0.25, 0.3) is 0 Å². The van der Waals surface area contributed by atoms with Gasteiger partial charge in [-0.05, 0) is 57.8 Å². The van der Waals surface area contributed by atoms with E-state index in [1.54, 1.807) is 0 Å². The largest absolute Gasteiger partial charge is 0.472 e. The Morgan fingerprint density at radius 2 is 0.613 bits per heavy atom. The van der Waals surface area contributed by atoms with Gasteiger partial charge in [-0.1, -0.05) is 396 Å². The summed E-state index contributed by atoms with van der Waals surface area (Å²) >= 11 is 0.